The van der Waals surface area contributed by atoms with Crippen LogP contribution in [0.5, 0.6) is 0 Å². The van der Waals surface area contributed by atoms with Gasteiger partial charge in [-0.3, -0.25) is 0 Å². The summed E-state index contributed by atoms with van der Waals surface area (Å²) in [4.78, 5) is 0. The zero-order chi connectivity index (χ0) is 7.94. The fourth-order valence-electron chi connectivity index (χ4n) is 0.951. The van der Waals surface area contributed by atoms with Gasteiger partial charge in [-0.05, 0) is 17.7 Å². The average Bonchev–Trinajstić information content (AvgIpc) is 2.28. The van der Waals surface area contributed by atoms with Crippen LogP contribution >= 0.6 is 11.8 Å². The summed E-state index contributed by atoms with van der Waals surface area (Å²) in [6.07, 6.45) is 12.0. The first-order valence-corrected chi connectivity index (χ1v) is 5.19. The summed E-state index contributed by atoms with van der Waals surface area (Å²) in [6.45, 7) is 2.20. The van der Waals surface area contributed by atoms with E-state index in [1.807, 2.05) is 11.8 Å². The number of hydrogen-bond acceptors (Lipinski definition) is 1. The van der Waals surface area contributed by atoms with Gasteiger partial charge >= 0.3 is 0 Å². The first-order chi connectivity index (χ1) is 5.43. The Bertz CT molecular complexity index is 187. The fraction of sp³-hybridized carbons (Fsp3) is 0.400. The second-order valence-electron chi connectivity index (χ2n) is 2.44. The van der Waals surface area contributed by atoms with E-state index >= 15 is 0 Å². The van der Waals surface area contributed by atoms with Crippen LogP contribution in [-0.4, -0.2) is 11.5 Å². The zero-order valence-electron chi connectivity index (χ0n) is 6.92. The van der Waals surface area contributed by atoms with Crippen molar-refractivity contribution in [3.05, 3.63) is 36.0 Å². The van der Waals surface area contributed by atoms with Crippen LogP contribution < -0.4 is 0 Å². The van der Waals surface area contributed by atoms with Crippen molar-refractivity contribution in [3.63, 3.8) is 0 Å². The van der Waals surface area contributed by atoms with E-state index in [-0.39, 0.29) is 0 Å². The molecule has 1 aliphatic carbocycles. The van der Waals surface area contributed by atoms with Gasteiger partial charge in [-0.15, -0.1) is 0 Å². The Labute approximate surface area is 73.1 Å². The Balaban J connectivity index is 2.38. The minimum atomic E-state index is 1.09. The summed E-state index contributed by atoms with van der Waals surface area (Å²) in [5, 5.41) is 0. The van der Waals surface area contributed by atoms with Crippen LogP contribution in [0.3, 0.4) is 0 Å². The molecule has 0 saturated carbocycles. The Kier molecular flexibility index (Phi) is 4.14. The standard InChI is InChI=1S/C10H14S/c1-2-11-9-10-7-5-3-4-6-8-10/h3-5,7-8H,2,6,9H2,1H3. The third kappa shape index (κ3) is 3.47. The molecule has 1 rings (SSSR count). The highest BCUT2D eigenvalue weighted by atomic mass is 32.2. The number of rotatable bonds is 3. The van der Waals surface area contributed by atoms with E-state index in [0.29, 0.717) is 0 Å². The van der Waals surface area contributed by atoms with Gasteiger partial charge in [-0.2, -0.15) is 11.8 Å². The lowest BCUT2D eigenvalue weighted by molar-refractivity contribution is 1.35. The number of allylic oxidation sites excluding steroid dienone is 5. The molecular weight excluding hydrogens is 152 g/mol. The van der Waals surface area contributed by atoms with Crippen LogP contribution in [0.1, 0.15) is 13.3 Å². The Morgan fingerprint density at radius 3 is 3.18 bits per heavy atom. The molecule has 0 fully saturated rings. The topological polar surface area (TPSA) is 0 Å². The number of thioether (sulfide) groups is 1. The van der Waals surface area contributed by atoms with Crippen LogP contribution in [0.15, 0.2) is 36.0 Å². The molecule has 0 aromatic heterocycles. The Hall–Kier alpha value is -0.430. The summed E-state index contributed by atoms with van der Waals surface area (Å²) < 4.78 is 0. The third-order valence-corrected chi connectivity index (χ3v) is 2.49. The van der Waals surface area contributed by atoms with Crippen molar-refractivity contribution in [2.45, 2.75) is 13.3 Å². The van der Waals surface area contributed by atoms with Gasteiger partial charge in [0.05, 0.1) is 0 Å². The van der Waals surface area contributed by atoms with Crippen LogP contribution in [0, 0.1) is 0 Å². The van der Waals surface area contributed by atoms with E-state index in [2.05, 4.69) is 37.3 Å². The Morgan fingerprint density at radius 2 is 2.36 bits per heavy atom. The molecule has 0 bridgehead atoms. The maximum atomic E-state index is 2.29. The molecule has 0 spiro atoms. The van der Waals surface area contributed by atoms with Crippen molar-refractivity contribution in [2.24, 2.45) is 0 Å². The highest BCUT2D eigenvalue weighted by Gasteiger charge is 1.92. The normalized spacial score (nSPS) is 16.3. The second kappa shape index (κ2) is 5.25. The van der Waals surface area contributed by atoms with E-state index in [0.717, 1.165) is 12.2 Å². The smallest absolute Gasteiger partial charge is 0.0181 e. The predicted molar refractivity (Wildman–Crippen MR) is 54.0 cm³/mol. The molecule has 0 radical (unpaired) electrons. The molecule has 1 heteroatoms. The fourth-order valence-corrected chi connectivity index (χ4v) is 1.60. The molecule has 0 aromatic carbocycles. The van der Waals surface area contributed by atoms with Gasteiger partial charge in [-0.25, -0.2) is 0 Å². The number of hydrogen-bond donors (Lipinski definition) is 0. The van der Waals surface area contributed by atoms with E-state index in [9.17, 15) is 0 Å². The van der Waals surface area contributed by atoms with Gasteiger partial charge in [0.2, 0.25) is 0 Å². The maximum Gasteiger partial charge on any atom is 0.0181 e. The van der Waals surface area contributed by atoms with Crippen LogP contribution in [0.4, 0.5) is 0 Å². The molecule has 0 saturated heterocycles. The SMILES string of the molecule is CCSCC1=CCC=CC=C1. The van der Waals surface area contributed by atoms with E-state index in [1.54, 1.807) is 0 Å². The van der Waals surface area contributed by atoms with Gasteiger partial charge in [0, 0.05) is 5.75 Å². The van der Waals surface area contributed by atoms with Crippen molar-refractivity contribution in [1.29, 1.82) is 0 Å². The zero-order valence-corrected chi connectivity index (χ0v) is 7.73. The van der Waals surface area contributed by atoms with Gasteiger partial charge in [0.1, 0.15) is 0 Å². The lowest BCUT2D eigenvalue weighted by Crippen LogP contribution is -1.82. The first kappa shape index (κ1) is 8.66. The minimum Gasteiger partial charge on any atom is -0.158 e. The Morgan fingerprint density at radius 1 is 1.45 bits per heavy atom. The van der Waals surface area contributed by atoms with Crippen molar-refractivity contribution in [3.8, 4) is 0 Å². The van der Waals surface area contributed by atoms with E-state index in [4.69, 9.17) is 0 Å². The maximum absolute atomic E-state index is 2.29. The van der Waals surface area contributed by atoms with Gasteiger partial charge in [-0.1, -0.05) is 37.3 Å². The summed E-state index contributed by atoms with van der Waals surface area (Å²) >= 11 is 1.98. The molecule has 0 nitrogen and oxygen atoms in total. The molecule has 0 unspecified atom stereocenters. The molecular formula is C10H14S. The minimum absolute atomic E-state index is 1.09. The van der Waals surface area contributed by atoms with Crippen LogP contribution in [0.25, 0.3) is 0 Å². The van der Waals surface area contributed by atoms with Crippen molar-refractivity contribution >= 4 is 11.8 Å². The monoisotopic (exact) mass is 166 g/mol. The first-order valence-electron chi connectivity index (χ1n) is 4.03. The lowest BCUT2D eigenvalue weighted by Gasteiger charge is -1.97. The summed E-state index contributed by atoms with van der Waals surface area (Å²) in [7, 11) is 0. The van der Waals surface area contributed by atoms with Crippen molar-refractivity contribution in [2.75, 3.05) is 11.5 Å². The molecule has 0 heterocycles. The van der Waals surface area contributed by atoms with Gasteiger partial charge in [0.25, 0.3) is 0 Å². The summed E-state index contributed by atoms with van der Waals surface area (Å²) in [5.74, 6) is 2.37. The molecule has 11 heavy (non-hydrogen) atoms. The van der Waals surface area contributed by atoms with Crippen molar-refractivity contribution in [1.82, 2.24) is 0 Å². The van der Waals surface area contributed by atoms with E-state index < -0.39 is 0 Å². The molecule has 0 amide bonds. The van der Waals surface area contributed by atoms with Crippen LogP contribution in [0.2, 0.25) is 0 Å². The average molecular weight is 166 g/mol. The molecule has 60 valence electrons. The van der Waals surface area contributed by atoms with Gasteiger partial charge in [0.15, 0.2) is 0 Å². The third-order valence-electron chi connectivity index (χ3n) is 1.55. The largest absolute Gasteiger partial charge is 0.158 e. The quantitative estimate of drug-likeness (QED) is 0.620. The van der Waals surface area contributed by atoms with Crippen molar-refractivity contribution < 1.29 is 0 Å². The van der Waals surface area contributed by atoms with E-state index in [1.165, 1.54) is 11.3 Å². The second-order valence-corrected chi connectivity index (χ2v) is 3.71. The molecule has 0 aliphatic heterocycles. The predicted octanol–water partition coefficient (Wildman–Crippen LogP) is 3.18. The van der Waals surface area contributed by atoms with Crippen LogP contribution in [-0.2, 0) is 0 Å². The summed E-state index contributed by atoms with van der Waals surface area (Å²) in [5.41, 5.74) is 1.46. The molecule has 1 aliphatic rings. The van der Waals surface area contributed by atoms with Gasteiger partial charge < -0.3 is 0 Å². The highest BCUT2D eigenvalue weighted by molar-refractivity contribution is 7.99. The lowest BCUT2D eigenvalue weighted by atomic mass is 10.2. The molecule has 0 N–H and O–H groups in total. The molecule has 0 aromatic rings. The summed E-state index contributed by atoms with van der Waals surface area (Å²) in [6, 6.07) is 0. The molecule has 0 atom stereocenters. The highest BCUT2D eigenvalue weighted by Crippen LogP contribution is 2.11.